The molecule has 0 heterocycles. The first-order chi connectivity index (χ1) is 9.24. The topological polar surface area (TPSA) is 0 Å². The van der Waals surface area contributed by atoms with E-state index in [0.717, 1.165) is 35.5 Å². The second kappa shape index (κ2) is 7.32. The van der Waals surface area contributed by atoms with E-state index in [0.29, 0.717) is 5.41 Å². The standard InChI is InChI=1S/C20H40/c1-9-14(3)16(5)18(7)17(6)15(4)11-20(8)12-19(10-2)13-20/h14-19H,9-13H2,1-8H3. The minimum Gasteiger partial charge on any atom is -0.0651 e. The summed E-state index contributed by atoms with van der Waals surface area (Å²) in [5.41, 5.74) is 0.660. The van der Waals surface area contributed by atoms with Crippen LogP contribution in [0.25, 0.3) is 0 Å². The molecule has 0 aromatic carbocycles. The van der Waals surface area contributed by atoms with Crippen LogP contribution < -0.4 is 0 Å². The molecule has 0 nitrogen and oxygen atoms in total. The van der Waals surface area contributed by atoms with Gasteiger partial charge in [0.1, 0.15) is 0 Å². The summed E-state index contributed by atoms with van der Waals surface area (Å²) in [6.45, 7) is 19.6. The van der Waals surface area contributed by atoms with Crippen molar-refractivity contribution in [1.29, 1.82) is 0 Å². The van der Waals surface area contributed by atoms with E-state index in [-0.39, 0.29) is 0 Å². The van der Waals surface area contributed by atoms with E-state index in [1.54, 1.807) is 0 Å². The first-order valence-electron chi connectivity index (χ1n) is 9.24. The minimum absolute atomic E-state index is 0.660. The maximum Gasteiger partial charge on any atom is -0.0318 e. The Morgan fingerprint density at radius 1 is 0.850 bits per heavy atom. The zero-order valence-corrected chi connectivity index (χ0v) is 15.5. The average Bonchev–Trinajstić information content (AvgIpc) is 2.40. The summed E-state index contributed by atoms with van der Waals surface area (Å²) in [6, 6.07) is 0. The normalized spacial score (nSPS) is 33.9. The third kappa shape index (κ3) is 4.25. The molecule has 20 heavy (non-hydrogen) atoms. The highest BCUT2D eigenvalue weighted by Gasteiger charge is 2.41. The Kier molecular flexibility index (Phi) is 6.61. The van der Waals surface area contributed by atoms with Crippen LogP contribution in [0.4, 0.5) is 0 Å². The fourth-order valence-corrected chi connectivity index (χ4v) is 4.64. The van der Waals surface area contributed by atoms with Gasteiger partial charge in [0.2, 0.25) is 0 Å². The van der Waals surface area contributed by atoms with Crippen molar-refractivity contribution >= 4 is 0 Å². The maximum absolute atomic E-state index is 2.53. The molecule has 0 saturated heterocycles. The van der Waals surface area contributed by atoms with Gasteiger partial charge in [-0.3, -0.25) is 0 Å². The van der Waals surface area contributed by atoms with Crippen LogP contribution in [-0.2, 0) is 0 Å². The van der Waals surface area contributed by atoms with Gasteiger partial charge in [-0.25, -0.2) is 0 Å². The Hall–Kier alpha value is 0. The van der Waals surface area contributed by atoms with Gasteiger partial charge in [-0.05, 0) is 60.2 Å². The van der Waals surface area contributed by atoms with Gasteiger partial charge in [-0.15, -0.1) is 0 Å². The molecule has 0 aromatic heterocycles. The van der Waals surface area contributed by atoms with Crippen LogP contribution in [0.5, 0.6) is 0 Å². The SMILES string of the molecule is CCC1CC(C)(CC(C)C(C)C(C)C(C)C(C)CC)C1. The summed E-state index contributed by atoms with van der Waals surface area (Å²) in [6.07, 6.45) is 7.12. The summed E-state index contributed by atoms with van der Waals surface area (Å²) in [7, 11) is 0. The summed E-state index contributed by atoms with van der Waals surface area (Å²) in [5, 5.41) is 0. The second-order valence-corrected chi connectivity index (χ2v) is 8.64. The lowest BCUT2D eigenvalue weighted by Gasteiger charge is -2.48. The van der Waals surface area contributed by atoms with Gasteiger partial charge in [-0.2, -0.15) is 0 Å². The highest BCUT2D eigenvalue weighted by molar-refractivity contribution is 4.91. The molecule has 120 valence electrons. The number of hydrogen-bond donors (Lipinski definition) is 0. The predicted octanol–water partition coefficient (Wildman–Crippen LogP) is 6.79. The van der Waals surface area contributed by atoms with E-state index < -0.39 is 0 Å². The molecule has 1 saturated carbocycles. The van der Waals surface area contributed by atoms with Crippen molar-refractivity contribution in [2.45, 2.75) is 87.5 Å². The Bertz CT molecular complexity index is 274. The molecule has 0 heteroatoms. The quantitative estimate of drug-likeness (QED) is 0.459. The van der Waals surface area contributed by atoms with Crippen molar-refractivity contribution < 1.29 is 0 Å². The molecule has 1 rings (SSSR count). The van der Waals surface area contributed by atoms with Crippen LogP contribution in [0.15, 0.2) is 0 Å². The average molecular weight is 281 g/mol. The van der Waals surface area contributed by atoms with Crippen LogP contribution in [0.3, 0.4) is 0 Å². The third-order valence-electron chi connectivity index (χ3n) is 7.05. The van der Waals surface area contributed by atoms with Crippen LogP contribution >= 0.6 is 0 Å². The lowest BCUT2D eigenvalue weighted by molar-refractivity contribution is 0.0270. The molecule has 0 aromatic rings. The molecule has 0 bridgehead atoms. The Balaban J connectivity index is 2.48. The van der Waals surface area contributed by atoms with Gasteiger partial charge in [0.25, 0.3) is 0 Å². The van der Waals surface area contributed by atoms with Crippen molar-refractivity contribution in [2.24, 2.45) is 40.9 Å². The van der Waals surface area contributed by atoms with E-state index in [9.17, 15) is 0 Å². The highest BCUT2D eigenvalue weighted by atomic mass is 14.5. The molecule has 0 radical (unpaired) electrons. The largest absolute Gasteiger partial charge is 0.0651 e. The number of rotatable bonds is 8. The van der Waals surface area contributed by atoms with Crippen LogP contribution in [0.2, 0.25) is 0 Å². The lowest BCUT2D eigenvalue weighted by atomic mass is 9.57. The Morgan fingerprint density at radius 2 is 1.35 bits per heavy atom. The first kappa shape index (κ1) is 18.1. The summed E-state index contributed by atoms with van der Waals surface area (Å²) in [4.78, 5) is 0. The van der Waals surface area contributed by atoms with Crippen LogP contribution in [-0.4, -0.2) is 0 Å². The van der Waals surface area contributed by atoms with Gasteiger partial charge < -0.3 is 0 Å². The molecule has 0 spiro atoms. The van der Waals surface area contributed by atoms with Gasteiger partial charge >= 0.3 is 0 Å². The summed E-state index contributed by atoms with van der Waals surface area (Å²) < 4.78 is 0. The van der Waals surface area contributed by atoms with Gasteiger partial charge in [-0.1, -0.05) is 68.2 Å². The monoisotopic (exact) mass is 280 g/mol. The molecule has 1 aliphatic rings. The predicted molar refractivity (Wildman–Crippen MR) is 91.9 cm³/mol. The smallest absolute Gasteiger partial charge is 0.0318 e. The summed E-state index contributed by atoms with van der Waals surface area (Å²) >= 11 is 0. The van der Waals surface area contributed by atoms with Crippen molar-refractivity contribution in [3.8, 4) is 0 Å². The van der Waals surface area contributed by atoms with Crippen molar-refractivity contribution in [3.63, 3.8) is 0 Å². The van der Waals surface area contributed by atoms with Crippen LogP contribution in [0, 0.1) is 40.9 Å². The fraction of sp³-hybridized carbons (Fsp3) is 1.00. The van der Waals surface area contributed by atoms with Crippen molar-refractivity contribution in [2.75, 3.05) is 0 Å². The van der Waals surface area contributed by atoms with E-state index >= 15 is 0 Å². The fourth-order valence-electron chi connectivity index (χ4n) is 4.64. The Labute approximate surface area is 129 Å². The zero-order valence-electron chi connectivity index (χ0n) is 15.5. The van der Waals surface area contributed by atoms with Crippen molar-refractivity contribution in [1.82, 2.24) is 0 Å². The van der Waals surface area contributed by atoms with Gasteiger partial charge in [0.05, 0.1) is 0 Å². The molecular formula is C20H40. The van der Waals surface area contributed by atoms with Crippen molar-refractivity contribution in [3.05, 3.63) is 0 Å². The van der Waals surface area contributed by atoms with Gasteiger partial charge in [0.15, 0.2) is 0 Å². The number of hydrogen-bond acceptors (Lipinski definition) is 0. The molecule has 0 aliphatic heterocycles. The molecule has 1 aliphatic carbocycles. The summed E-state index contributed by atoms with van der Waals surface area (Å²) in [5.74, 6) is 5.33. The van der Waals surface area contributed by atoms with Crippen LogP contribution in [0.1, 0.15) is 87.5 Å². The van der Waals surface area contributed by atoms with E-state index in [4.69, 9.17) is 0 Å². The highest BCUT2D eigenvalue weighted by Crippen LogP contribution is 2.52. The third-order valence-corrected chi connectivity index (χ3v) is 7.05. The molecule has 0 N–H and O–H groups in total. The lowest BCUT2D eigenvalue weighted by Crippen LogP contribution is -2.37. The van der Waals surface area contributed by atoms with E-state index in [1.807, 2.05) is 0 Å². The molecule has 1 fully saturated rings. The molecule has 5 unspecified atom stereocenters. The van der Waals surface area contributed by atoms with E-state index in [2.05, 4.69) is 55.4 Å². The Morgan fingerprint density at radius 3 is 1.80 bits per heavy atom. The van der Waals surface area contributed by atoms with E-state index in [1.165, 1.54) is 32.1 Å². The molecule has 5 atom stereocenters. The second-order valence-electron chi connectivity index (χ2n) is 8.64. The minimum atomic E-state index is 0.660. The first-order valence-corrected chi connectivity index (χ1v) is 9.24. The van der Waals surface area contributed by atoms with Gasteiger partial charge in [0, 0.05) is 0 Å². The maximum atomic E-state index is 2.53. The molecule has 0 amide bonds. The zero-order chi connectivity index (χ0) is 15.5. The molecular weight excluding hydrogens is 240 g/mol.